The molecule has 0 radical (unpaired) electrons. The van der Waals surface area contributed by atoms with Crippen molar-refractivity contribution in [3.8, 4) is 0 Å². The summed E-state index contributed by atoms with van der Waals surface area (Å²) in [4.78, 5) is 13.9. The highest BCUT2D eigenvalue weighted by molar-refractivity contribution is 5.78. The number of carbonyl (C=O) groups is 1. The number of hydrogen-bond acceptors (Lipinski definition) is 2. The molecule has 0 spiro atoms. The molecule has 102 valence electrons. The summed E-state index contributed by atoms with van der Waals surface area (Å²) in [6.07, 6.45) is 3.48. The van der Waals surface area contributed by atoms with Crippen molar-refractivity contribution in [1.29, 1.82) is 0 Å². The zero-order valence-electron chi connectivity index (χ0n) is 12.1. The normalized spacial score (nSPS) is 16.8. The lowest BCUT2D eigenvalue weighted by atomic mass is 9.83. The van der Waals surface area contributed by atoms with E-state index >= 15 is 0 Å². The molecule has 2 unspecified atom stereocenters. The van der Waals surface area contributed by atoms with Crippen LogP contribution in [0.1, 0.15) is 60.3 Å². The van der Waals surface area contributed by atoms with Crippen LogP contribution in [0.3, 0.4) is 0 Å². The van der Waals surface area contributed by atoms with Crippen molar-refractivity contribution < 1.29 is 9.90 Å². The molecule has 0 fully saturated rings. The van der Waals surface area contributed by atoms with Gasteiger partial charge in [0.15, 0.2) is 0 Å². The monoisotopic (exact) mass is 243 g/mol. The van der Waals surface area contributed by atoms with Crippen molar-refractivity contribution in [3.63, 3.8) is 0 Å². The summed E-state index contributed by atoms with van der Waals surface area (Å²) in [7, 11) is 0. The Balaban J connectivity index is 5.10. The predicted octanol–water partition coefficient (Wildman–Crippen LogP) is 3.39. The second kappa shape index (κ2) is 7.70. The van der Waals surface area contributed by atoms with E-state index in [9.17, 15) is 9.90 Å². The van der Waals surface area contributed by atoms with E-state index in [1.807, 2.05) is 6.92 Å². The Morgan fingerprint density at radius 3 is 2.18 bits per heavy atom. The van der Waals surface area contributed by atoms with Crippen LogP contribution in [0.5, 0.6) is 0 Å². The predicted molar refractivity (Wildman–Crippen MR) is 72.3 cm³/mol. The summed E-state index contributed by atoms with van der Waals surface area (Å²) in [5.41, 5.74) is -0.666. The second-order valence-electron chi connectivity index (χ2n) is 4.99. The van der Waals surface area contributed by atoms with Gasteiger partial charge in [0, 0.05) is 0 Å². The van der Waals surface area contributed by atoms with Gasteiger partial charge in [0.25, 0.3) is 0 Å². The van der Waals surface area contributed by atoms with Gasteiger partial charge in [-0.25, -0.2) is 0 Å². The van der Waals surface area contributed by atoms with E-state index in [2.05, 4.69) is 32.6 Å². The Hall–Kier alpha value is -0.570. The molecule has 0 bridgehead atoms. The molecule has 0 saturated carbocycles. The minimum absolute atomic E-state index is 0.456. The summed E-state index contributed by atoms with van der Waals surface area (Å²) < 4.78 is 0. The van der Waals surface area contributed by atoms with Gasteiger partial charge in [0.2, 0.25) is 0 Å². The Bertz CT molecular complexity index is 230. The molecule has 0 heterocycles. The van der Waals surface area contributed by atoms with Crippen LogP contribution in [0.4, 0.5) is 0 Å². The van der Waals surface area contributed by atoms with Crippen molar-refractivity contribution in [1.82, 2.24) is 4.90 Å². The maximum atomic E-state index is 11.7. The lowest BCUT2D eigenvalue weighted by Gasteiger charge is -2.41. The highest BCUT2D eigenvalue weighted by atomic mass is 16.4. The van der Waals surface area contributed by atoms with Gasteiger partial charge in [-0.05, 0) is 38.3 Å². The standard InChI is InChI=1S/C14H29NO2/c1-6-10-15(9-4)14(8-3,13(16)17)11-12(5)7-2/h12H,6-11H2,1-5H3,(H,16,17). The summed E-state index contributed by atoms with van der Waals surface area (Å²) in [5, 5.41) is 9.65. The van der Waals surface area contributed by atoms with Crippen molar-refractivity contribution in [2.45, 2.75) is 65.8 Å². The molecule has 0 aromatic rings. The van der Waals surface area contributed by atoms with Crippen LogP contribution in [0, 0.1) is 5.92 Å². The second-order valence-corrected chi connectivity index (χ2v) is 4.99. The minimum Gasteiger partial charge on any atom is -0.480 e. The first-order valence-corrected chi connectivity index (χ1v) is 6.96. The van der Waals surface area contributed by atoms with Crippen LogP contribution in [0.15, 0.2) is 0 Å². The Labute approximate surface area is 106 Å². The summed E-state index contributed by atoms with van der Waals surface area (Å²) in [5.74, 6) is -0.201. The fourth-order valence-electron chi connectivity index (χ4n) is 2.54. The molecule has 0 aliphatic heterocycles. The number of nitrogens with zero attached hydrogens (tertiary/aromatic N) is 1. The topological polar surface area (TPSA) is 40.5 Å². The van der Waals surface area contributed by atoms with Gasteiger partial charge in [0.1, 0.15) is 5.54 Å². The van der Waals surface area contributed by atoms with E-state index in [0.29, 0.717) is 12.3 Å². The molecule has 2 atom stereocenters. The third-order valence-electron chi connectivity index (χ3n) is 3.85. The highest BCUT2D eigenvalue weighted by Crippen LogP contribution is 2.30. The van der Waals surface area contributed by atoms with E-state index < -0.39 is 11.5 Å². The summed E-state index contributed by atoms with van der Waals surface area (Å²) >= 11 is 0. The average molecular weight is 243 g/mol. The lowest BCUT2D eigenvalue weighted by Crippen LogP contribution is -2.55. The zero-order valence-corrected chi connectivity index (χ0v) is 12.1. The van der Waals surface area contributed by atoms with Gasteiger partial charge >= 0.3 is 5.97 Å². The number of likely N-dealkylation sites (N-methyl/N-ethyl adjacent to an activating group) is 1. The van der Waals surface area contributed by atoms with Crippen LogP contribution in [-0.4, -0.2) is 34.6 Å². The van der Waals surface area contributed by atoms with Crippen LogP contribution in [0.2, 0.25) is 0 Å². The van der Waals surface area contributed by atoms with Crippen LogP contribution in [-0.2, 0) is 4.79 Å². The smallest absolute Gasteiger partial charge is 0.324 e. The molecule has 0 aromatic heterocycles. The van der Waals surface area contributed by atoms with E-state index in [1.165, 1.54) is 0 Å². The fourth-order valence-corrected chi connectivity index (χ4v) is 2.54. The maximum absolute atomic E-state index is 11.7. The molecule has 0 rings (SSSR count). The van der Waals surface area contributed by atoms with Crippen LogP contribution >= 0.6 is 0 Å². The molecule has 0 saturated heterocycles. The number of carboxylic acids is 1. The third-order valence-corrected chi connectivity index (χ3v) is 3.85. The molecule has 3 nitrogen and oxygen atoms in total. The first-order valence-electron chi connectivity index (χ1n) is 6.96. The van der Waals surface area contributed by atoms with Crippen molar-refractivity contribution in [2.75, 3.05) is 13.1 Å². The van der Waals surface area contributed by atoms with Gasteiger partial charge in [-0.15, -0.1) is 0 Å². The molecule has 1 N–H and O–H groups in total. The van der Waals surface area contributed by atoms with Crippen LogP contribution in [0.25, 0.3) is 0 Å². The molecule has 3 heteroatoms. The summed E-state index contributed by atoms with van der Waals surface area (Å²) in [6, 6.07) is 0. The largest absolute Gasteiger partial charge is 0.480 e. The van der Waals surface area contributed by atoms with E-state index in [1.54, 1.807) is 0 Å². The molecular formula is C14H29NO2. The summed E-state index contributed by atoms with van der Waals surface area (Å²) in [6.45, 7) is 12.1. The molecule has 0 aliphatic carbocycles. The van der Waals surface area contributed by atoms with Crippen molar-refractivity contribution in [3.05, 3.63) is 0 Å². The maximum Gasteiger partial charge on any atom is 0.324 e. The van der Waals surface area contributed by atoms with Crippen LogP contribution < -0.4 is 0 Å². The highest BCUT2D eigenvalue weighted by Gasteiger charge is 2.42. The van der Waals surface area contributed by atoms with Gasteiger partial charge < -0.3 is 5.11 Å². The third kappa shape index (κ3) is 3.98. The van der Waals surface area contributed by atoms with E-state index in [-0.39, 0.29) is 0 Å². The number of aliphatic carboxylic acids is 1. The first kappa shape index (κ1) is 16.4. The SMILES string of the molecule is CCCN(CC)C(CC)(CC(C)CC)C(=O)O. The lowest BCUT2D eigenvalue weighted by molar-refractivity contribution is -0.153. The molecule has 0 aliphatic rings. The zero-order chi connectivity index (χ0) is 13.5. The van der Waals surface area contributed by atoms with Crippen molar-refractivity contribution >= 4 is 5.97 Å². The number of carboxylic acid groups (broad SMARTS) is 1. The molecular weight excluding hydrogens is 214 g/mol. The first-order chi connectivity index (χ1) is 7.98. The Morgan fingerprint density at radius 2 is 1.88 bits per heavy atom. The van der Waals surface area contributed by atoms with Gasteiger partial charge in [-0.1, -0.05) is 41.0 Å². The van der Waals surface area contributed by atoms with Crippen molar-refractivity contribution in [2.24, 2.45) is 5.92 Å². The molecule has 17 heavy (non-hydrogen) atoms. The van der Waals surface area contributed by atoms with E-state index in [0.717, 1.165) is 32.4 Å². The van der Waals surface area contributed by atoms with Gasteiger partial charge in [-0.2, -0.15) is 0 Å². The van der Waals surface area contributed by atoms with E-state index in [4.69, 9.17) is 0 Å². The molecule has 0 aromatic carbocycles. The Kier molecular flexibility index (Phi) is 7.44. The minimum atomic E-state index is -0.666. The molecule has 0 amide bonds. The average Bonchev–Trinajstić information content (AvgIpc) is 2.32. The van der Waals surface area contributed by atoms with Gasteiger partial charge in [-0.3, -0.25) is 9.69 Å². The quantitative estimate of drug-likeness (QED) is 0.675. The Morgan fingerprint density at radius 1 is 1.29 bits per heavy atom. The number of hydrogen-bond donors (Lipinski definition) is 1. The number of rotatable bonds is 9. The van der Waals surface area contributed by atoms with Gasteiger partial charge in [0.05, 0.1) is 0 Å². The fraction of sp³-hybridized carbons (Fsp3) is 0.929.